The summed E-state index contributed by atoms with van der Waals surface area (Å²) in [6.07, 6.45) is 3.74. The lowest BCUT2D eigenvalue weighted by Gasteiger charge is -2.35. The van der Waals surface area contributed by atoms with Crippen molar-refractivity contribution >= 4 is 11.6 Å². The second-order valence-electron chi connectivity index (χ2n) is 4.68. The van der Waals surface area contributed by atoms with Crippen molar-refractivity contribution in [3.05, 3.63) is 24.0 Å². The molecule has 104 valence electrons. The Morgan fingerprint density at radius 1 is 1.47 bits per heavy atom. The molecule has 0 aliphatic heterocycles. The lowest BCUT2D eigenvalue weighted by Crippen LogP contribution is -2.48. The molecule has 0 spiro atoms. The maximum Gasteiger partial charge on any atom is 0.270 e. The Balaban J connectivity index is 1.85. The molecule has 0 saturated heterocycles. The first kappa shape index (κ1) is 13.8. The lowest BCUT2D eigenvalue weighted by atomic mass is 9.89. The molecule has 5 nitrogen and oxygen atoms in total. The van der Waals surface area contributed by atoms with Crippen LogP contribution in [0.25, 0.3) is 0 Å². The Morgan fingerprint density at radius 3 is 2.95 bits per heavy atom. The molecule has 0 radical (unpaired) electrons. The fraction of sp³-hybridized carbons (Fsp3) is 0.571. The number of carbonyl (C=O) groups excluding carboxylic acids is 1. The minimum Gasteiger partial charge on any atom is -0.385 e. The molecule has 0 atom stereocenters. The van der Waals surface area contributed by atoms with E-state index in [9.17, 15) is 4.79 Å². The van der Waals surface area contributed by atoms with Crippen molar-refractivity contribution in [2.75, 3.05) is 18.5 Å². The van der Waals surface area contributed by atoms with E-state index in [2.05, 4.69) is 15.6 Å². The SMILES string of the molecule is CCNc1ccnc(C(=O)NC2CC(OCC)C2)c1. The van der Waals surface area contributed by atoms with Gasteiger partial charge in [-0.3, -0.25) is 9.78 Å². The highest BCUT2D eigenvalue weighted by molar-refractivity contribution is 5.93. The number of nitrogens with zero attached hydrogens (tertiary/aromatic N) is 1. The molecule has 1 aromatic heterocycles. The summed E-state index contributed by atoms with van der Waals surface area (Å²) in [6.45, 7) is 5.56. The van der Waals surface area contributed by atoms with E-state index < -0.39 is 0 Å². The molecule has 0 bridgehead atoms. The summed E-state index contributed by atoms with van der Waals surface area (Å²) >= 11 is 0. The predicted molar refractivity (Wildman–Crippen MR) is 74.3 cm³/mol. The monoisotopic (exact) mass is 263 g/mol. The van der Waals surface area contributed by atoms with Gasteiger partial charge in [0.05, 0.1) is 6.10 Å². The van der Waals surface area contributed by atoms with Gasteiger partial charge in [0.15, 0.2) is 0 Å². The molecule has 2 N–H and O–H groups in total. The Labute approximate surface area is 113 Å². The minimum absolute atomic E-state index is 0.111. The standard InChI is InChI=1S/C14H21N3O2/c1-3-15-10-5-6-16-13(9-10)14(18)17-11-7-12(8-11)19-4-2/h5-6,9,11-12H,3-4,7-8H2,1-2H3,(H,15,16)(H,17,18). The molecular weight excluding hydrogens is 242 g/mol. The smallest absolute Gasteiger partial charge is 0.270 e. The Kier molecular flexibility index (Phi) is 4.74. The summed E-state index contributed by atoms with van der Waals surface area (Å²) in [5.41, 5.74) is 1.38. The average molecular weight is 263 g/mol. The number of carbonyl (C=O) groups is 1. The van der Waals surface area contributed by atoms with Gasteiger partial charge < -0.3 is 15.4 Å². The predicted octanol–water partition coefficient (Wildman–Crippen LogP) is 1.81. The summed E-state index contributed by atoms with van der Waals surface area (Å²) in [4.78, 5) is 16.1. The molecule has 1 aliphatic rings. The molecule has 1 saturated carbocycles. The number of nitrogens with one attached hydrogen (secondary N) is 2. The summed E-state index contributed by atoms with van der Waals surface area (Å²) < 4.78 is 5.47. The third-order valence-electron chi connectivity index (χ3n) is 3.21. The van der Waals surface area contributed by atoms with Gasteiger partial charge in [-0.1, -0.05) is 0 Å². The summed E-state index contributed by atoms with van der Waals surface area (Å²) in [5, 5.41) is 6.15. The summed E-state index contributed by atoms with van der Waals surface area (Å²) in [7, 11) is 0. The molecule has 1 aromatic rings. The van der Waals surface area contributed by atoms with Gasteiger partial charge in [-0.15, -0.1) is 0 Å². The minimum atomic E-state index is -0.111. The van der Waals surface area contributed by atoms with E-state index in [1.807, 2.05) is 19.9 Å². The van der Waals surface area contributed by atoms with Gasteiger partial charge >= 0.3 is 0 Å². The van der Waals surface area contributed by atoms with E-state index in [1.165, 1.54) is 0 Å². The zero-order chi connectivity index (χ0) is 13.7. The van der Waals surface area contributed by atoms with E-state index in [0.29, 0.717) is 11.8 Å². The fourth-order valence-corrected chi connectivity index (χ4v) is 2.18. The summed E-state index contributed by atoms with van der Waals surface area (Å²) in [5.74, 6) is -0.111. The largest absolute Gasteiger partial charge is 0.385 e. The van der Waals surface area contributed by atoms with Crippen molar-refractivity contribution in [2.24, 2.45) is 0 Å². The molecular formula is C14H21N3O2. The van der Waals surface area contributed by atoms with Crippen LogP contribution in [0.4, 0.5) is 5.69 Å². The van der Waals surface area contributed by atoms with Crippen LogP contribution in [-0.4, -0.2) is 36.2 Å². The van der Waals surface area contributed by atoms with Crippen molar-refractivity contribution in [1.82, 2.24) is 10.3 Å². The Hall–Kier alpha value is -1.62. The zero-order valence-corrected chi connectivity index (χ0v) is 11.5. The topological polar surface area (TPSA) is 63.2 Å². The van der Waals surface area contributed by atoms with Crippen molar-refractivity contribution in [3.8, 4) is 0 Å². The van der Waals surface area contributed by atoms with Crippen LogP contribution in [-0.2, 0) is 4.74 Å². The highest BCUT2D eigenvalue weighted by Gasteiger charge is 2.31. The Morgan fingerprint density at radius 2 is 2.26 bits per heavy atom. The van der Waals surface area contributed by atoms with Gasteiger partial charge in [-0.25, -0.2) is 0 Å². The van der Waals surface area contributed by atoms with Crippen molar-refractivity contribution in [3.63, 3.8) is 0 Å². The van der Waals surface area contributed by atoms with E-state index in [0.717, 1.165) is 31.7 Å². The van der Waals surface area contributed by atoms with E-state index in [-0.39, 0.29) is 11.9 Å². The molecule has 19 heavy (non-hydrogen) atoms. The number of pyridine rings is 1. The highest BCUT2D eigenvalue weighted by atomic mass is 16.5. The first-order valence-corrected chi connectivity index (χ1v) is 6.85. The summed E-state index contributed by atoms with van der Waals surface area (Å²) in [6, 6.07) is 3.85. The number of hydrogen-bond donors (Lipinski definition) is 2. The molecule has 5 heteroatoms. The first-order chi connectivity index (χ1) is 9.22. The number of aromatic nitrogens is 1. The van der Waals surface area contributed by atoms with Crippen LogP contribution in [0.15, 0.2) is 18.3 Å². The fourth-order valence-electron chi connectivity index (χ4n) is 2.18. The third kappa shape index (κ3) is 3.67. The van der Waals surface area contributed by atoms with Crippen LogP contribution < -0.4 is 10.6 Å². The zero-order valence-electron chi connectivity index (χ0n) is 11.5. The first-order valence-electron chi connectivity index (χ1n) is 6.85. The molecule has 0 unspecified atom stereocenters. The highest BCUT2D eigenvalue weighted by Crippen LogP contribution is 2.23. The van der Waals surface area contributed by atoms with Gasteiger partial charge in [0.25, 0.3) is 5.91 Å². The number of hydrogen-bond acceptors (Lipinski definition) is 4. The van der Waals surface area contributed by atoms with Crippen LogP contribution in [0, 0.1) is 0 Å². The average Bonchev–Trinajstić information content (AvgIpc) is 2.37. The third-order valence-corrected chi connectivity index (χ3v) is 3.21. The van der Waals surface area contributed by atoms with Crippen LogP contribution in [0.2, 0.25) is 0 Å². The van der Waals surface area contributed by atoms with Crippen LogP contribution in [0.3, 0.4) is 0 Å². The van der Waals surface area contributed by atoms with Crippen molar-refractivity contribution in [2.45, 2.75) is 38.8 Å². The number of anilines is 1. The molecule has 1 amide bonds. The van der Waals surface area contributed by atoms with Gasteiger partial charge in [-0.2, -0.15) is 0 Å². The second-order valence-corrected chi connectivity index (χ2v) is 4.68. The van der Waals surface area contributed by atoms with Gasteiger partial charge in [-0.05, 0) is 38.8 Å². The van der Waals surface area contributed by atoms with Crippen LogP contribution >= 0.6 is 0 Å². The van der Waals surface area contributed by atoms with E-state index >= 15 is 0 Å². The number of ether oxygens (including phenoxy) is 1. The number of rotatable bonds is 6. The normalized spacial score (nSPS) is 21.6. The van der Waals surface area contributed by atoms with E-state index in [1.54, 1.807) is 12.3 Å². The molecule has 1 fully saturated rings. The van der Waals surface area contributed by atoms with Crippen molar-refractivity contribution < 1.29 is 9.53 Å². The number of amides is 1. The van der Waals surface area contributed by atoms with Crippen LogP contribution in [0.5, 0.6) is 0 Å². The maximum atomic E-state index is 12.0. The van der Waals surface area contributed by atoms with Gasteiger partial charge in [0.2, 0.25) is 0 Å². The van der Waals surface area contributed by atoms with Gasteiger partial charge in [0, 0.05) is 31.1 Å². The van der Waals surface area contributed by atoms with Crippen molar-refractivity contribution in [1.29, 1.82) is 0 Å². The van der Waals surface area contributed by atoms with Crippen LogP contribution in [0.1, 0.15) is 37.2 Å². The molecule has 2 rings (SSSR count). The van der Waals surface area contributed by atoms with E-state index in [4.69, 9.17) is 4.74 Å². The lowest BCUT2D eigenvalue weighted by molar-refractivity contribution is -0.00867. The molecule has 1 aliphatic carbocycles. The van der Waals surface area contributed by atoms with Gasteiger partial charge in [0.1, 0.15) is 5.69 Å². The second kappa shape index (κ2) is 6.52. The molecule has 0 aromatic carbocycles. The maximum absolute atomic E-state index is 12.0. The quantitative estimate of drug-likeness (QED) is 0.821. The molecule has 1 heterocycles. The Bertz CT molecular complexity index is 430.